The van der Waals surface area contributed by atoms with Crippen LogP contribution in [0.1, 0.15) is 22.8 Å². The molecule has 1 fully saturated rings. The number of piperazine rings is 1. The molecule has 2 aromatic rings. The van der Waals surface area contributed by atoms with Crippen molar-refractivity contribution < 1.29 is 18.9 Å². The summed E-state index contributed by atoms with van der Waals surface area (Å²) in [4.78, 5) is 38.4. The van der Waals surface area contributed by atoms with E-state index in [1.165, 1.54) is 25.1 Å². The van der Waals surface area contributed by atoms with Gasteiger partial charge in [0.25, 0.3) is 11.6 Å². The van der Waals surface area contributed by atoms with E-state index >= 15 is 0 Å². The molecule has 0 atom stereocenters. The number of hydrogen-bond acceptors (Lipinski definition) is 5. The first-order chi connectivity index (χ1) is 13.9. The van der Waals surface area contributed by atoms with Crippen LogP contribution in [0.2, 0.25) is 0 Å². The minimum absolute atomic E-state index is 0.0198. The van der Waals surface area contributed by atoms with Crippen molar-refractivity contribution >= 4 is 23.2 Å². The Balaban J connectivity index is 1.74. The molecular weight excluding hydrogens is 379 g/mol. The molecule has 0 saturated carbocycles. The summed E-state index contributed by atoms with van der Waals surface area (Å²) in [6.45, 7) is 3.38. The Labute approximate surface area is 167 Å². The number of anilines is 1. The summed E-state index contributed by atoms with van der Waals surface area (Å²) in [5.41, 5.74) is 0.679. The Morgan fingerprint density at radius 3 is 2.45 bits per heavy atom. The van der Waals surface area contributed by atoms with Gasteiger partial charge in [0.15, 0.2) is 0 Å². The quantitative estimate of drug-likeness (QED) is 0.614. The van der Waals surface area contributed by atoms with E-state index < -0.39 is 16.6 Å². The van der Waals surface area contributed by atoms with E-state index in [0.29, 0.717) is 37.4 Å². The van der Waals surface area contributed by atoms with Crippen LogP contribution in [0.3, 0.4) is 0 Å². The van der Waals surface area contributed by atoms with Gasteiger partial charge in [0.1, 0.15) is 11.5 Å². The Bertz CT molecular complexity index is 942. The van der Waals surface area contributed by atoms with Crippen molar-refractivity contribution in [3.05, 3.63) is 69.5 Å². The van der Waals surface area contributed by atoms with Crippen LogP contribution in [0.15, 0.2) is 42.5 Å². The van der Waals surface area contributed by atoms with Crippen LogP contribution < -0.4 is 10.2 Å². The molecule has 1 heterocycles. The molecule has 0 spiro atoms. The summed E-state index contributed by atoms with van der Waals surface area (Å²) in [5, 5.41) is 14.1. The second kappa shape index (κ2) is 8.68. The number of amides is 2. The maximum atomic E-state index is 13.7. The summed E-state index contributed by atoms with van der Waals surface area (Å²) in [6, 6.07) is 10.4. The van der Waals surface area contributed by atoms with E-state index in [2.05, 4.69) is 5.32 Å². The van der Waals surface area contributed by atoms with Crippen molar-refractivity contribution in [2.75, 3.05) is 31.1 Å². The second-order valence-corrected chi connectivity index (χ2v) is 6.73. The van der Waals surface area contributed by atoms with Gasteiger partial charge in [-0.2, -0.15) is 0 Å². The smallest absolute Gasteiger partial charge is 0.293 e. The van der Waals surface area contributed by atoms with Crippen molar-refractivity contribution in [3.63, 3.8) is 0 Å². The van der Waals surface area contributed by atoms with Crippen LogP contribution >= 0.6 is 0 Å². The molecule has 0 bridgehead atoms. The van der Waals surface area contributed by atoms with Crippen LogP contribution in [0.5, 0.6) is 0 Å². The Morgan fingerprint density at radius 1 is 1.14 bits per heavy atom. The third-order valence-electron chi connectivity index (χ3n) is 4.90. The average Bonchev–Trinajstić information content (AvgIpc) is 2.72. The predicted molar refractivity (Wildman–Crippen MR) is 105 cm³/mol. The fourth-order valence-corrected chi connectivity index (χ4v) is 3.26. The Kier molecular flexibility index (Phi) is 6.06. The van der Waals surface area contributed by atoms with Crippen molar-refractivity contribution in [3.8, 4) is 0 Å². The summed E-state index contributed by atoms with van der Waals surface area (Å²) < 4.78 is 13.7. The van der Waals surface area contributed by atoms with Crippen molar-refractivity contribution in [1.29, 1.82) is 0 Å². The molecule has 29 heavy (non-hydrogen) atoms. The Morgan fingerprint density at radius 2 is 1.83 bits per heavy atom. The third-order valence-corrected chi connectivity index (χ3v) is 4.90. The van der Waals surface area contributed by atoms with E-state index in [1.807, 2.05) is 4.90 Å². The number of nitrogens with zero attached hydrogens (tertiary/aromatic N) is 3. The number of halogens is 1. The largest absolute Gasteiger partial charge is 0.362 e. The first-order valence-corrected chi connectivity index (χ1v) is 9.17. The maximum absolute atomic E-state index is 13.7. The van der Waals surface area contributed by atoms with Crippen LogP contribution in [0.25, 0.3) is 0 Å². The second-order valence-electron chi connectivity index (χ2n) is 6.73. The molecule has 2 aromatic carbocycles. The fraction of sp³-hybridized carbons (Fsp3) is 0.300. The number of hydrogen-bond donors (Lipinski definition) is 1. The lowest BCUT2D eigenvalue weighted by Gasteiger charge is -2.35. The maximum Gasteiger partial charge on any atom is 0.293 e. The van der Waals surface area contributed by atoms with E-state index in [9.17, 15) is 24.1 Å². The minimum Gasteiger partial charge on any atom is -0.362 e. The number of nitro benzene ring substituents is 1. The van der Waals surface area contributed by atoms with Crippen molar-refractivity contribution in [2.45, 2.75) is 13.5 Å². The number of benzene rings is 2. The zero-order valence-electron chi connectivity index (χ0n) is 15.9. The molecule has 0 aliphatic carbocycles. The number of nitrogens with one attached hydrogen (secondary N) is 1. The molecule has 1 aliphatic heterocycles. The highest BCUT2D eigenvalue weighted by atomic mass is 19.1. The van der Waals surface area contributed by atoms with E-state index in [4.69, 9.17) is 0 Å². The molecular formula is C20H21FN4O4. The van der Waals surface area contributed by atoms with Gasteiger partial charge in [-0.05, 0) is 18.2 Å². The zero-order valence-corrected chi connectivity index (χ0v) is 15.9. The van der Waals surface area contributed by atoms with E-state index in [0.717, 1.165) is 0 Å². The monoisotopic (exact) mass is 400 g/mol. The number of rotatable bonds is 5. The minimum atomic E-state index is -0.527. The summed E-state index contributed by atoms with van der Waals surface area (Å²) in [7, 11) is 0. The summed E-state index contributed by atoms with van der Waals surface area (Å²) >= 11 is 0. The van der Waals surface area contributed by atoms with E-state index in [1.54, 1.807) is 29.2 Å². The van der Waals surface area contributed by atoms with Crippen LogP contribution in [-0.4, -0.2) is 47.8 Å². The first-order valence-electron chi connectivity index (χ1n) is 9.17. The lowest BCUT2D eigenvalue weighted by atomic mass is 10.1. The topological polar surface area (TPSA) is 95.8 Å². The van der Waals surface area contributed by atoms with E-state index in [-0.39, 0.29) is 23.7 Å². The number of nitro groups is 1. The molecule has 0 unspecified atom stereocenters. The summed E-state index contributed by atoms with van der Waals surface area (Å²) in [6.07, 6.45) is 0. The molecule has 1 N–H and O–H groups in total. The van der Waals surface area contributed by atoms with Gasteiger partial charge in [-0.25, -0.2) is 4.39 Å². The molecule has 152 valence electrons. The SMILES string of the molecule is CC(=O)N1CCN(c2ccc(C(=O)NCc3ccccc3F)cc2[N+](=O)[O-])CC1. The van der Waals surface area contributed by atoms with Crippen molar-refractivity contribution in [1.82, 2.24) is 10.2 Å². The highest BCUT2D eigenvalue weighted by molar-refractivity contribution is 5.95. The highest BCUT2D eigenvalue weighted by Gasteiger charge is 2.25. The van der Waals surface area contributed by atoms with Gasteiger partial charge in [-0.15, -0.1) is 0 Å². The lowest BCUT2D eigenvalue weighted by Crippen LogP contribution is -2.48. The van der Waals surface area contributed by atoms with Crippen LogP contribution in [-0.2, 0) is 11.3 Å². The molecule has 1 saturated heterocycles. The highest BCUT2D eigenvalue weighted by Crippen LogP contribution is 2.30. The van der Waals surface area contributed by atoms with Gasteiger partial charge in [0.05, 0.1) is 4.92 Å². The van der Waals surface area contributed by atoms with Crippen LogP contribution in [0, 0.1) is 15.9 Å². The van der Waals surface area contributed by atoms with Gasteiger partial charge in [-0.1, -0.05) is 18.2 Å². The first kappa shape index (κ1) is 20.2. The summed E-state index contributed by atoms with van der Waals surface area (Å²) in [5.74, 6) is -0.982. The van der Waals surface area contributed by atoms with Gasteiger partial charge in [0.2, 0.25) is 5.91 Å². The third kappa shape index (κ3) is 4.68. The van der Waals surface area contributed by atoms with Gasteiger partial charge < -0.3 is 15.1 Å². The van der Waals surface area contributed by atoms with Gasteiger partial charge >= 0.3 is 0 Å². The molecule has 0 radical (unpaired) electrons. The van der Waals surface area contributed by atoms with Crippen LogP contribution in [0.4, 0.5) is 15.8 Å². The average molecular weight is 400 g/mol. The fourth-order valence-electron chi connectivity index (χ4n) is 3.26. The number of carbonyl (C=O) groups excluding carboxylic acids is 2. The zero-order chi connectivity index (χ0) is 21.0. The normalized spacial score (nSPS) is 13.9. The van der Waals surface area contributed by atoms with Crippen molar-refractivity contribution in [2.24, 2.45) is 0 Å². The van der Waals surface area contributed by atoms with Gasteiger partial charge in [0, 0.05) is 56.8 Å². The molecule has 3 rings (SSSR count). The molecule has 9 heteroatoms. The number of carbonyl (C=O) groups is 2. The molecule has 0 aromatic heterocycles. The Hall–Kier alpha value is -3.49. The predicted octanol–water partition coefficient (Wildman–Crippen LogP) is 2.33. The molecule has 8 nitrogen and oxygen atoms in total. The van der Waals surface area contributed by atoms with Gasteiger partial charge in [-0.3, -0.25) is 19.7 Å². The standard InChI is InChI=1S/C20H21FN4O4/c1-14(26)23-8-10-24(11-9-23)18-7-6-15(12-19(18)25(28)29)20(27)22-13-16-4-2-3-5-17(16)21/h2-7,12H,8-11,13H2,1H3,(H,22,27). The molecule has 1 aliphatic rings. The molecule has 2 amide bonds. The lowest BCUT2D eigenvalue weighted by molar-refractivity contribution is -0.384.